The lowest BCUT2D eigenvalue weighted by molar-refractivity contribution is -0.140. The molecule has 1 heterocycles. The van der Waals surface area contributed by atoms with Gasteiger partial charge >= 0.3 is 5.97 Å². The number of fused-ring (bicyclic) bond motifs is 1. The number of benzene rings is 1. The molecule has 18 heavy (non-hydrogen) atoms. The highest BCUT2D eigenvalue weighted by molar-refractivity contribution is 5.95. The largest absolute Gasteiger partial charge is 0.497 e. The standard InChI is InChI=1S/C14H15NO3/c1-8-12(14(5-6-14)13(16)17)10-7-9(18-2)3-4-11(10)15-8/h3-4,7,15H,5-6H2,1-2H3,(H,16,17). The molecule has 94 valence electrons. The third-order valence-electron chi connectivity index (χ3n) is 3.83. The lowest BCUT2D eigenvalue weighted by Crippen LogP contribution is -2.20. The molecule has 0 amide bonds. The van der Waals surface area contributed by atoms with Crippen LogP contribution in [-0.2, 0) is 10.2 Å². The van der Waals surface area contributed by atoms with E-state index in [1.807, 2.05) is 25.1 Å². The third kappa shape index (κ3) is 1.35. The highest BCUT2D eigenvalue weighted by atomic mass is 16.5. The second-order valence-electron chi connectivity index (χ2n) is 4.92. The molecule has 4 nitrogen and oxygen atoms in total. The summed E-state index contributed by atoms with van der Waals surface area (Å²) < 4.78 is 5.22. The second-order valence-corrected chi connectivity index (χ2v) is 4.92. The van der Waals surface area contributed by atoms with Crippen LogP contribution >= 0.6 is 0 Å². The molecule has 4 heteroatoms. The summed E-state index contributed by atoms with van der Waals surface area (Å²) in [5, 5.41) is 10.4. The molecule has 0 bridgehead atoms. The van der Waals surface area contributed by atoms with Crippen molar-refractivity contribution in [2.24, 2.45) is 0 Å². The maximum absolute atomic E-state index is 11.5. The summed E-state index contributed by atoms with van der Waals surface area (Å²) in [4.78, 5) is 14.7. The zero-order valence-corrected chi connectivity index (χ0v) is 10.4. The van der Waals surface area contributed by atoms with Crippen LogP contribution in [0.2, 0.25) is 0 Å². The average Bonchev–Trinajstić information content (AvgIpc) is 3.07. The highest BCUT2D eigenvalue weighted by Crippen LogP contribution is 2.52. The number of H-pyrrole nitrogens is 1. The number of ether oxygens (including phenoxy) is 1. The first-order valence-electron chi connectivity index (χ1n) is 5.99. The summed E-state index contributed by atoms with van der Waals surface area (Å²) in [6.45, 7) is 1.94. The van der Waals surface area contributed by atoms with E-state index in [1.165, 1.54) is 0 Å². The van der Waals surface area contributed by atoms with E-state index in [1.54, 1.807) is 7.11 Å². The normalized spacial score (nSPS) is 16.8. The van der Waals surface area contributed by atoms with E-state index >= 15 is 0 Å². The van der Waals surface area contributed by atoms with Crippen molar-refractivity contribution in [2.75, 3.05) is 7.11 Å². The molecule has 1 aromatic carbocycles. The number of methoxy groups -OCH3 is 1. The van der Waals surface area contributed by atoms with Crippen LogP contribution in [0.3, 0.4) is 0 Å². The molecule has 0 saturated heterocycles. The van der Waals surface area contributed by atoms with Gasteiger partial charge in [-0.1, -0.05) is 0 Å². The minimum Gasteiger partial charge on any atom is -0.497 e. The van der Waals surface area contributed by atoms with E-state index in [4.69, 9.17) is 4.74 Å². The van der Waals surface area contributed by atoms with E-state index in [-0.39, 0.29) is 0 Å². The number of rotatable bonds is 3. The number of aromatic nitrogens is 1. The Hall–Kier alpha value is -1.97. The van der Waals surface area contributed by atoms with Crippen LogP contribution in [0.4, 0.5) is 0 Å². The van der Waals surface area contributed by atoms with E-state index in [9.17, 15) is 9.90 Å². The average molecular weight is 245 g/mol. The van der Waals surface area contributed by atoms with Crippen LogP contribution < -0.4 is 4.74 Å². The van der Waals surface area contributed by atoms with Crippen molar-refractivity contribution < 1.29 is 14.6 Å². The lowest BCUT2D eigenvalue weighted by Gasteiger charge is -2.10. The zero-order chi connectivity index (χ0) is 12.9. The number of nitrogens with one attached hydrogen (secondary N) is 1. The summed E-state index contributed by atoms with van der Waals surface area (Å²) in [7, 11) is 1.62. The van der Waals surface area contributed by atoms with Gasteiger partial charge in [-0.3, -0.25) is 4.79 Å². The SMILES string of the molecule is COc1ccc2[nH]c(C)c(C3(C(=O)O)CC3)c2c1. The molecular weight excluding hydrogens is 230 g/mol. The predicted molar refractivity (Wildman–Crippen MR) is 68.1 cm³/mol. The van der Waals surface area contributed by atoms with E-state index < -0.39 is 11.4 Å². The molecule has 1 saturated carbocycles. The Morgan fingerprint density at radius 2 is 2.17 bits per heavy atom. The Kier molecular flexibility index (Phi) is 2.17. The molecule has 1 aliphatic rings. The maximum atomic E-state index is 11.5. The number of aromatic amines is 1. The number of carbonyl (C=O) groups is 1. The number of aryl methyl sites for hydroxylation is 1. The Morgan fingerprint density at radius 1 is 1.44 bits per heavy atom. The predicted octanol–water partition coefficient (Wildman–Crippen LogP) is 2.60. The summed E-state index contributed by atoms with van der Waals surface area (Å²) in [6.07, 6.45) is 1.43. The minimum atomic E-state index is -0.727. The zero-order valence-electron chi connectivity index (χ0n) is 10.4. The van der Waals surface area contributed by atoms with Crippen molar-refractivity contribution in [2.45, 2.75) is 25.2 Å². The summed E-state index contributed by atoms with van der Waals surface area (Å²) >= 11 is 0. The van der Waals surface area contributed by atoms with Crippen LogP contribution in [0.5, 0.6) is 5.75 Å². The van der Waals surface area contributed by atoms with Gasteiger partial charge in [-0.15, -0.1) is 0 Å². The van der Waals surface area contributed by atoms with Gasteiger partial charge in [0.25, 0.3) is 0 Å². The quantitative estimate of drug-likeness (QED) is 0.873. The smallest absolute Gasteiger partial charge is 0.314 e. The summed E-state index contributed by atoms with van der Waals surface area (Å²) in [5.41, 5.74) is 2.15. The number of hydrogen-bond acceptors (Lipinski definition) is 2. The van der Waals surface area contributed by atoms with Gasteiger partial charge in [-0.25, -0.2) is 0 Å². The highest BCUT2D eigenvalue weighted by Gasteiger charge is 2.53. The molecule has 0 atom stereocenters. The maximum Gasteiger partial charge on any atom is 0.314 e. The van der Waals surface area contributed by atoms with Gasteiger partial charge in [0.05, 0.1) is 12.5 Å². The molecule has 0 radical (unpaired) electrons. The third-order valence-corrected chi connectivity index (χ3v) is 3.83. The van der Waals surface area contributed by atoms with Crippen LogP contribution in [-0.4, -0.2) is 23.2 Å². The fourth-order valence-electron chi connectivity index (χ4n) is 2.75. The first-order chi connectivity index (χ1) is 8.58. The van der Waals surface area contributed by atoms with Gasteiger partial charge in [-0.05, 0) is 43.5 Å². The van der Waals surface area contributed by atoms with Crippen LogP contribution in [0.15, 0.2) is 18.2 Å². The van der Waals surface area contributed by atoms with E-state index in [0.717, 1.165) is 27.9 Å². The first-order valence-corrected chi connectivity index (χ1v) is 5.99. The molecule has 1 aliphatic carbocycles. The van der Waals surface area contributed by atoms with Gasteiger partial charge in [0.1, 0.15) is 5.75 Å². The number of carboxylic acid groups (broad SMARTS) is 1. The molecule has 0 aliphatic heterocycles. The first kappa shape index (κ1) is 11.1. The summed E-state index contributed by atoms with van der Waals surface area (Å²) in [5.74, 6) is 0.0262. The molecule has 0 unspecified atom stereocenters. The Labute approximate surface area is 105 Å². The molecule has 2 aromatic rings. The topological polar surface area (TPSA) is 62.3 Å². The molecule has 1 fully saturated rings. The van der Waals surface area contributed by atoms with Crippen molar-refractivity contribution in [3.8, 4) is 5.75 Å². The Balaban J connectivity index is 2.28. The fraction of sp³-hybridized carbons (Fsp3) is 0.357. The molecule has 1 aromatic heterocycles. The fourth-order valence-corrected chi connectivity index (χ4v) is 2.75. The van der Waals surface area contributed by atoms with E-state index in [2.05, 4.69) is 4.98 Å². The van der Waals surface area contributed by atoms with Crippen molar-refractivity contribution in [3.05, 3.63) is 29.5 Å². The molecule has 0 spiro atoms. The van der Waals surface area contributed by atoms with Gasteiger partial charge < -0.3 is 14.8 Å². The molecular formula is C14H15NO3. The molecule has 2 N–H and O–H groups in total. The second kappa shape index (κ2) is 3.51. The van der Waals surface area contributed by atoms with Gasteiger partial charge in [0.15, 0.2) is 0 Å². The van der Waals surface area contributed by atoms with Crippen LogP contribution in [0.1, 0.15) is 24.1 Å². The van der Waals surface area contributed by atoms with Crippen molar-refractivity contribution in [1.82, 2.24) is 4.98 Å². The molecule has 3 rings (SSSR count). The van der Waals surface area contributed by atoms with Crippen molar-refractivity contribution in [1.29, 1.82) is 0 Å². The Morgan fingerprint density at radius 3 is 2.72 bits per heavy atom. The number of hydrogen-bond donors (Lipinski definition) is 2. The van der Waals surface area contributed by atoms with Gasteiger partial charge in [0, 0.05) is 16.6 Å². The Bertz CT molecular complexity index is 638. The lowest BCUT2D eigenvalue weighted by atomic mass is 9.93. The van der Waals surface area contributed by atoms with Gasteiger partial charge in [0.2, 0.25) is 0 Å². The number of aliphatic carboxylic acids is 1. The van der Waals surface area contributed by atoms with Gasteiger partial charge in [-0.2, -0.15) is 0 Å². The minimum absolute atomic E-state index is 0.686. The van der Waals surface area contributed by atoms with Crippen LogP contribution in [0, 0.1) is 6.92 Å². The number of carboxylic acids is 1. The monoisotopic (exact) mass is 245 g/mol. The summed E-state index contributed by atoms with van der Waals surface area (Å²) in [6, 6.07) is 5.72. The van der Waals surface area contributed by atoms with Crippen LogP contribution in [0.25, 0.3) is 10.9 Å². The van der Waals surface area contributed by atoms with E-state index in [0.29, 0.717) is 12.8 Å². The van der Waals surface area contributed by atoms with Crippen molar-refractivity contribution >= 4 is 16.9 Å². The van der Waals surface area contributed by atoms with Crippen molar-refractivity contribution in [3.63, 3.8) is 0 Å².